The van der Waals surface area contributed by atoms with Gasteiger partial charge in [0, 0.05) is 46.2 Å². The molecule has 0 heterocycles. The Hall–Kier alpha value is -3.88. The highest BCUT2D eigenvalue weighted by atomic mass is 16.1. The van der Waals surface area contributed by atoms with E-state index in [1.807, 2.05) is 48.5 Å². The minimum Gasteiger partial charge on any atom is -0.289 e. The lowest BCUT2D eigenvalue weighted by atomic mass is 9.98. The highest BCUT2D eigenvalue weighted by Crippen LogP contribution is 2.16. The molecular formula is C34H34O2. The lowest BCUT2D eigenvalue weighted by molar-refractivity contribution is 0.102. The van der Waals surface area contributed by atoms with Crippen molar-refractivity contribution in [3.63, 3.8) is 0 Å². The summed E-state index contributed by atoms with van der Waals surface area (Å²) >= 11 is 0. The minimum atomic E-state index is -0.0710. The fraction of sp³-hybridized carbons (Fsp3) is 0.294. The van der Waals surface area contributed by atoms with Crippen molar-refractivity contribution >= 4 is 11.6 Å². The predicted octanol–water partition coefficient (Wildman–Crippen LogP) is 8.01. The molecule has 0 unspecified atom stereocenters. The number of carbonyl (C=O) groups excluding carboxylic acids is 2. The zero-order chi connectivity index (χ0) is 25.6. The Morgan fingerprint density at radius 1 is 0.500 bits per heavy atom. The molecule has 36 heavy (non-hydrogen) atoms. The van der Waals surface area contributed by atoms with Gasteiger partial charge in [-0.05, 0) is 61.4 Å². The summed E-state index contributed by atoms with van der Waals surface area (Å²) in [6.45, 7) is 4.36. The largest absolute Gasteiger partial charge is 0.289 e. The number of hydrogen-bond acceptors (Lipinski definition) is 2. The van der Waals surface area contributed by atoms with Crippen LogP contribution in [-0.4, -0.2) is 11.6 Å². The average molecular weight is 475 g/mol. The summed E-state index contributed by atoms with van der Waals surface area (Å²) in [7, 11) is 0. The first-order chi connectivity index (χ1) is 17.6. The van der Waals surface area contributed by atoms with Gasteiger partial charge in [0.15, 0.2) is 11.6 Å². The van der Waals surface area contributed by atoms with E-state index in [1.54, 1.807) is 24.3 Å². The molecule has 0 N–H and O–H groups in total. The second-order valence-corrected chi connectivity index (χ2v) is 8.91. The van der Waals surface area contributed by atoms with Gasteiger partial charge in [0.2, 0.25) is 0 Å². The first-order valence-electron chi connectivity index (χ1n) is 13.0. The Balaban J connectivity index is 1.60. The van der Waals surface area contributed by atoms with E-state index in [0.29, 0.717) is 22.3 Å². The normalized spacial score (nSPS) is 10.1. The SMILES string of the molecule is CCCCCC#Cc1ccc(C(=O)c2ccc(C(=O)c3ccc(C#CCCCCC)cc3)cc2)cc1. The zero-order valence-corrected chi connectivity index (χ0v) is 21.4. The van der Waals surface area contributed by atoms with Gasteiger partial charge in [-0.25, -0.2) is 0 Å². The molecule has 3 rings (SSSR count). The van der Waals surface area contributed by atoms with Gasteiger partial charge in [-0.3, -0.25) is 9.59 Å². The highest BCUT2D eigenvalue weighted by molar-refractivity contribution is 6.11. The van der Waals surface area contributed by atoms with Gasteiger partial charge in [-0.1, -0.05) is 87.5 Å². The van der Waals surface area contributed by atoms with Crippen LogP contribution in [-0.2, 0) is 0 Å². The van der Waals surface area contributed by atoms with Gasteiger partial charge in [0.1, 0.15) is 0 Å². The topological polar surface area (TPSA) is 34.1 Å². The number of hydrogen-bond donors (Lipinski definition) is 0. The van der Waals surface area contributed by atoms with E-state index in [1.165, 1.54) is 25.7 Å². The number of carbonyl (C=O) groups is 2. The van der Waals surface area contributed by atoms with Crippen LogP contribution < -0.4 is 0 Å². The fourth-order valence-corrected chi connectivity index (χ4v) is 3.77. The maximum atomic E-state index is 12.9. The Morgan fingerprint density at radius 2 is 0.806 bits per heavy atom. The van der Waals surface area contributed by atoms with Crippen molar-refractivity contribution < 1.29 is 9.59 Å². The summed E-state index contributed by atoms with van der Waals surface area (Å²) in [5.74, 6) is 12.6. The van der Waals surface area contributed by atoms with E-state index in [-0.39, 0.29) is 11.6 Å². The van der Waals surface area contributed by atoms with Crippen LogP contribution in [0.2, 0.25) is 0 Å². The lowest BCUT2D eigenvalue weighted by Gasteiger charge is -2.05. The summed E-state index contributed by atoms with van der Waals surface area (Å²) in [6.07, 6.45) is 8.83. The molecule has 0 aliphatic heterocycles. The van der Waals surface area contributed by atoms with Gasteiger partial charge in [-0.2, -0.15) is 0 Å². The molecule has 0 atom stereocenters. The number of rotatable bonds is 10. The Kier molecular flexibility index (Phi) is 10.8. The molecule has 0 saturated carbocycles. The van der Waals surface area contributed by atoms with Crippen LogP contribution in [0, 0.1) is 23.7 Å². The van der Waals surface area contributed by atoms with Gasteiger partial charge in [0.05, 0.1) is 0 Å². The van der Waals surface area contributed by atoms with Crippen molar-refractivity contribution in [1.29, 1.82) is 0 Å². The van der Waals surface area contributed by atoms with Crippen LogP contribution in [0.25, 0.3) is 0 Å². The van der Waals surface area contributed by atoms with Crippen LogP contribution in [0.1, 0.15) is 108 Å². The third-order valence-corrected chi connectivity index (χ3v) is 5.98. The first-order valence-corrected chi connectivity index (χ1v) is 13.0. The van der Waals surface area contributed by atoms with E-state index in [0.717, 1.165) is 36.8 Å². The van der Waals surface area contributed by atoms with E-state index in [4.69, 9.17) is 0 Å². The molecule has 3 aromatic carbocycles. The van der Waals surface area contributed by atoms with Crippen molar-refractivity contribution in [3.8, 4) is 23.7 Å². The Labute approximate surface area is 216 Å². The molecule has 0 bridgehead atoms. The minimum absolute atomic E-state index is 0.0710. The summed E-state index contributed by atoms with van der Waals surface area (Å²) in [5.41, 5.74) is 4.15. The average Bonchev–Trinajstić information content (AvgIpc) is 2.93. The monoisotopic (exact) mass is 474 g/mol. The summed E-state index contributed by atoms with van der Waals surface area (Å²) in [6, 6.07) is 21.7. The van der Waals surface area contributed by atoms with Crippen molar-refractivity contribution in [2.45, 2.75) is 65.2 Å². The van der Waals surface area contributed by atoms with Crippen molar-refractivity contribution in [3.05, 3.63) is 106 Å². The number of ketones is 2. The van der Waals surface area contributed by atoms with Gasteiger partial charge in [-0.15, -0.1) is 0 Å². The van der Waals surface area contributed by atoms with Crippen LogP contribution >= 0.6 is 0 Å². The fourth-order valence-electron chi connectivity index (χ4n) is 3.77. The van der Waals surface area contributed by atoms with E-state index in [2.05, 4.69) is 37.5 Å². The molecule has 0 amide bonds. The second kappa shape index (κ2) is 14.5. The summed E-state index contributed by atoms with van der Waals surface area (Å²) in [4.78, 5) is 25.8. The van der Waals surface area contributed by atoms with Gasteiger partial charge >= 0.3 is 0 Å². The molecule has 0 aliphatic carbocycles. The smallest absolute Gasteiger partial charge is 0.193 e. The number of benzene rings is 3. The van der Waals surface area contributed by atoms with Crippen LogP contribution in [0.15, 0.2) is 72.8 Å². The summed E-state index contributed by atoms with van der Waals surface area (Å²) < 4.78 is 0. The second-order valence-electron chi connectivity index (χ2n) is 8.91. The highest BCUT2D eigenvalue weighted by Gasteiger charge is 2.12. The predicted molar refractivity (Wildman–Crippen MR) is 148 cm³/mol. The Morgan fingerprint density at radius 3 is 1.11 bits per heavy atom. The quantitative estimate of drug-likeness (QED) is 0.169. The molecule has 0 aliphatic rings. The van der Waals surface area contributed by atoms with Crippen LogP contribution in [0.3, 0.4) is 0 Å². The van der Waals surface area contributed by atoms with E-state index in [9.17, 15) is 9.59 Å². The molecule has 2 nitrogen and oxygen atoms in total. The summed E-state index contributed by atoms with van der Waals surface area (Å²) in [5, 5.41) is 0. The van der Waals surface area contributed by atoms with Crippen LogP contribution in [0.4, 0.5) is 0 Å². The van der Waals surface area contributed by atoms with E-state index >= 15 is 0 Å². The molecule has 0 saturated heterocycles. The third kappa shape index (κ3) is 8.11. The first kappa shape index (κ1) is 26.7. The van der Waals surface area contributed by atoms with Crippen molar-refractivity contribution in [2.75, 3.05) is 0 Å². The molecule has 0 aromatic heterocycles. The molecule has 2 heteroatoms. The van der Waals surface area contributed by atoms with Gasteiger partial charge in [0.25, 0.3) is 0 Å². The molecule has 0 radical (unpaired) electrons. The van der Waals surface area contributed by atoms with Crippen molar-refractivity contribution in [1.82, 2.24) is 0 Å². The lowest BCUT2D eigenvalue weighted by Crippen LogP contribution is -2.04. The maximum Gasteiger partial charge on any atom is 0.193 e. The standard InChI is InChI=1S/C34H34O2/c1-3-5-7-9-11-13-27-15-19-29(20-16-27)33(35)31-23-25-32(26-24-31)34(36)30-21-17-28(18-22-30)14-12-10-8-6-4-2/h15-26H,3-10H2,1-2H3. The molecule has 0 spiro atoms. The third-order valence-electron chi connectivity index (χ3n) is 5.98. The zero-order valence-electron chi connectivity index (χ0n) is 21.4. The molecular weight excluding hydrogens is 440 g/mol. The van der Waals surface area contributed by atoms with Gasteiger partial charge < -0.3 is 0 Å². The molecule has 182 valence electrons. The van der Waals surface area contributed by atoms with Crippen LogP contribution in [0.5, 0.6) is 0 Å². The van der Waals surface area contributed by atoms with Crippen molar-refractivity contribution in [2.24, 2.45) is 0 Å². The maximum absolute atomic E-state index is 12.9. The molecule has 3 aromatic rings. The number of unbranched alkanes of at least 4 members (excludes halogenated alkanes) is 6. The Bertz CT molecular complexity index is 1150. The molecule has 0 fully saturated rings. The van der Waals surface area contributed by atoms with E-state index < -0.39 is 0 Å².